The highest BCUT2D eigenvalue weighted by Gasteiger charge is 2.10. The smallest absolute Gasteiger partial charge is 0.262 e. The summed E-state index contributed by atoms with van der Waals surface area (Å²) in [6.07, 6.45) is 2.89. The average molecular weight is 303 g/mol. The zero-order valence-corrected chi connectivity index (χ0v) is 11.6. The first-order valence-corrected chi connectivity index (χ1v) is 6.39. The molecule has 0 aliphatic rings. The van der Waals surface area contributed by atoms with Gasteiger partial charge < -0.3 is 14.8 Å². The molecule has 0 aliphatic carbocycles. The van der Waals surface area contributed by atoms with E-state index in [1.165, 1.54) is 24.5 Å². The Morgan fingerprint density at radius 2 is 2.29 bits per heavy atom. The maximum atomic E-state index is 11.9. The number of amides is 1. The van der Waals surface area contributed by atoms with Gasteiger partial charge in [-0.2, -0.15) is 5.26 Å². The Morgan fingerprint density at radius 3 is 2.90 bits per heavy atom. The Bertz CT molecular complexity index is 715. The number of nitriles is 1. The van der Waals surface area contributed by atoms with Crippen molar-refractivity contribution >= 4 is 23.6 Å². The summed E-state index contributed by atoms with van der Waals surface area (Å²) in [5.74, 6) is 0.0148. The van der Waals surface area contributed by atoms with Crippen LogP contribution in [0.15, 0.2) is 46.6 Å². The van der Waals surface area contributed by atoms with Gasteiger partial charge in [0.05, 0.1) is 17.8 Å². The molecular formula is C15H11ClN2O3. The molecule has 21 heavy (non-hydrogen) atoms. The highest BCUT2D eigenvalue weighted by Crippen LogP contribution is 2.24. The predicted octanol–water partition coefficient (Wildman–Crippen LogP) is 2.86. The lowest BCUT2D eigenvalue weighted by Gasteiger charge is -2.03. The summed E-state index contributed by atoms with van der Waals surface area (Å²) in [5, 5.41) is 21.1. The van der Waals surface area contributed by atoms with E-state index >= 15 is 0 Å². The van der Waals surface area contributed by atoms with Gasteiger partial charge in [-0.15, -0.1) is 0 Å². The number of hydrogen-bond acceptors (Lipinski definition) is 4. The van der Waals surface area contributed by atoms with Crippen LogP contribution < -0.4 is 5.32 Å². The van der Waals surface area contributed by atoms with Gasteiger partial charge in [-0.3, -0.25) is 4.79 Å². The molecule has 2 rings (SSSR count). The highest BCUT2D eigenvalue weighted by molar-refractivity contribution is 6.32. The summed E-state index contributed by atoms with van der Waals surface area (Å²) in [4.78, 5) is 11.9. The van der Waals surface area contributed by atoms with Crippen molar-refractivity contribution in [2.24, 2.45) is 0 Å². The molecule has 2 aromatic rings. The van der Waals surface area contributed by atoms with Gasteiger partial charge in [-0.25, -0.2) is 0 Å². The molecule has 0 spiro atoms. The molecule has 5 nitrogen and oxygen atoms in total. The van der Waals surface area contributed by atoms with Gasteiger partial charge in [0.2, 0.25) is 0 Å². The first-order chi connectivity index (χ1) is 10.1. The fourth-order valence-corrected chi connectivity index (χ4v) is 1.79. The number of phenols is 1. The van der Waals surface area contributed by atoms with Gasteiger partial charge in [0.1, 0.15) is 23.2 Å². The fourth-order valence-electron chi connectivity index (χ4n) is 1.60. The monoisotopic (exact) mass is 302 g/mol. The van der Waals surface area contributed by atoms with Crippen molar-refractivity contribution in [2.45, 2.75) is 6.54 Å². The van der Waals surface area contributed by atoms with E-state index in [-0.39, 0.29) is 22.9 Å². The second kappa shape index (κ2) is 6.64. The van der Waals surface area contributed by atoms with E-state index in [0.29, 0.717) is 11.3 Å². The van der Waals surface area contributed by atoms with Gasteiger partial charge in [0, 0.05) is 0 Å². The third-order valence-electron chi connectivity index (χ3n) is 2.65. The number of nitrogens with zero attached hydrogens (tertiary/aromatic N) is 1. The predicted molar refractivity (Wildman–Crippen MR) is 77.3 cm³/mol. The lowest BCUT2D eigenvalue weighted by molar-refractivity contribution is -0.117. The maximum absolute atomic E-state index is 11.9. The Labute approximate surface area is 126 Å². The summed E-state index contributed by atoms with van der Waals surface area (Å²) in [6, 6.07) is 9.67. The Morgan fingerprint density at radius 1 is 1.48 bits per heavy atom. The fraction of sp³-hybridized carbons (Fsp3) is 0.0667. The molecule has 0 aliphatic heterocycles. The summed E-state index contributed by atoms with van der Waals surface area (Å²) in [7, 11) is 0. The van der Waals surface area contributed by atoms with Crippen LogP contribution in [0.2, 0.25) is 5.02 Å². The van der Waals surface area contributed by atoms with Crippen molar-refractivity contribution in [3.05, 3.63) is 58.5 Å². The van der Waals surface area contributed by atoms with Crippen LogP contribution in [0, 0.1) is 11.3 Å². The summed E-state index contributed by atoms with van der Waals surface area (Å²) >= 11 is 5.77. The highest BCUT2D eigenvalue weighted by atomic mass is 35.5. The third-order valence-corrected chi connectivity index (χ3v) is 2.95. The Balaban J connectivity index is 2.10. The summed E-state index contributed by atoms with van der Waals surface area (Å²) in [5.41, 5.74) is 0.478. The van der Waals surface area contributed by atoms with Crippen LogP contribution in [0.3, 0.4) is 0 Å². The third kappa shape index (κ3) is 3.88. The van der Waals surface area contributed by atoms with E-state index in [1.807, 2.05) is 6.07 Å². The molecule has 0 saturated heterocycles. The molecule has 0 fully saturated rings. The van der Waals surface area contributed by atoms with Crippen LogP contribution in [0.25, 0.3) is 6.08 Å². The first-order valence-electron chi connectivity index (χ1n) is 6.01. The number of rotatable bonds is 4. The molecule has 1 heterocycles. The number of halogens is 1. The minimum absolute atomic E-state index is 0.0606. The van der Waals surface area contributed by atoms with Gasteiger partial charge in [-0.05, 0) is 35.9 Å². The van der Waals surface area contributed by atoms with Crippen molar-refractivity contribution in [3.8, 4) is 11.8 Å². The summed E-state index contributed by atoms with van der Waals surface area (Å²) in [6.45, 7) is 0.196. The molecule has 6 heteroatoms. The molecular weight excluding hydrogens is 292 g/mol. The van der Waals surface area contributed by atoms with Crippen LogP contribution in [0.5, 0.6) is 5.75 Å². The van der Waals surface area contributed by atoms with E-state index in [4.69, 9.17) is 21.3 Å². The van der Waals surface area contributed by atoms with E-state index < -0.39 is 5.91 Å². The number of furan rings is 1. The van der Waals surface area contributed by atoms with Crippen molar-refractivity contribution in [2.75, 3.05) is 0 Å². The molecule has 1 aromatic heterocycles. The van der Waals surface area contributed by atoms with Crippen LogP contribution >= 0.6 is 11.6 Å². The minimum atomic E-state index is -0.516. The minimum Gasteiger partial charge on any atom is -0.506 e. The normalized spacial score (nSPS) is 11.0. The SMILES string of the molecule is N#C/C(=C\c1ccc(O)c(Cl)c1)C(=O)NCc1ccco1. The average Bonchev–Trinajstić information content (AvgIpc) is 2.99. The van der Waals surface area contributed by atoms with Crippen molar-refractivity contribution in [1.29, 1.82) is 5.26 Å². The number of nitrogens with one attached hydrogen (secondary N) is 1. The number of carbonyl (C=O) groups is 1. The second-order valence-electron chi connectivity index (χ2n) is 4.14. The van der Waals surface area contributed by atoms with Crippen molar-refractivity contribution in [1.82, 2.24) is 5.32 Å². The number of hydrogen-bond donors (Lipinski definition) is 2. The molecule has 0 saturated carbocycles. The zero-order chi connectivity index (χ0) is 15.2. The van der Waals surface area contributed by atoms with E-state index in [0.717, 1.165) is 0 Å². The lowest BCUT2D eigenvalue weighted by atomic mass is 10.1. The molecule has 1 amide bonds. The van der Waals surface area contributed by atoms with Crippen LogP contribution in [-0.2, 0) is 11.3 Å². The molecule has 1 aromatic carbocycles. The zero-order valence-electron chi connectivity index (χ0n) is 10.8. The van der Waals surface area contributed by atoms with Gasteiger partial charge in [0.25, 0.3) is 5.91 Å². The molecule has 0 unspecified atom stereocenters. The van der Waals surface area contributed by atoms with E-state index in [1.54, 1.807) is 18.2 Å². The topological polar surface area (TPSA) is 86.3 Å². The largest absolute Gasteiger partial charge is 0.506 e. The molecule has 0 bridgehead atoms. The van der Waals surface area contributed by atoms with Crippen LogP contribution in [0.4, 0.5) is 0 Å². The quantitative estimate of drug-likeness (QED) is 0.671. The lowest BCUT2D eigenvalue weighted by Crippen LogP contribution is -2.23. The number of phenolic OH excluding ortho intramolecular Hbond substituents is 1. The van der Waals surface area contributed by atoms with E-state index in [9.17, 15) is 9.90 Å². The first kappa shape index (κ1) is 14.7. The number of carbonyl (C=O) groups excluding carboxylic acids is 1. The molecule has 0 atom stereocenters. The van der Waals surface area contributed by atoms with Gasteiger partial charge in [0.15, 0.2) is 0 Å². The number of aromatic hydroxyl groups is 1. The van der Waals surface area contributed by atoms with Gasteiger partial charge in [-0.1, -0.05) is 17.7 Å². The molecule has 0 radical (unpaired) electrons. The standard InChI is InChI=1S/C15H11ClN2O3/c16-13-7-10(3-4-14(13)19)6-11(8-17)15(20)18-9-12-2-1-5-21-12/h1-7,19H,9H2,(H,18,20)/b11-6+. The van der Waals surface area contributed by atoms with Crippen LogP contribution in [0.1, 0.15) is 11.3 Å². The number of benzene rings is 1. The van der Waals surface area contributed by atoms with Crippen LogP contribution in [-0.4, -0.2) is 11.0 Å². The second-order valence-corrected chi connectivity index (χ2v) is 4.55. The van der Waals surface area contributed by atoms with Crippen molar-refractivity contribution < 1.29 is 14.3 Å². The molecule has 106 valence electrons. The Kier molecular flexibility index (Phi) is 4.64. The maximum Gasteiger partial charge on any atom is 0.262 e. The molecule has 2 N–H and O–H groups in total. The van der Waals surface area contributed by atoms with Crippen molar-refractivity contribution in [3.63, 3.8) is 0 Å². The Hall–Kier alpha value is -2.71. The van der Waals surface area contributed by atoms with Gasteiger partial charge >= 0.3 is 0 Å². The van der Waals surface area contributed by atoms with E-state index in [2.05, 4.69) is 5.32 Å². The summed E-state index contributed by atoms with van der Waals surface area (Å²) < 4.78 is 5.08.